The van der Waals surface area contributed by atoms with Gasteiger partial charge in [-0.05, 0) is 36.4 Å². The fourth-order valence-electron chi connectivity index (χ4n) is 2.48. The third-order valence-corrected chi connectivity index (χ3v) is 4.34. The van der Waals surface area contributed by atoms with E-state index < -0.39 is 28.8 Å². The van der Waals surface area contributed by atoms with Crippen molar-refractivity contribution in [1.29, 1.82) is 0 Å². The van der Waals surface area contributed by atoms with E-state index in [1.54, 1.807) is 12.1 Å². The smallest absolute Gasteiger partial charge is 0.319 e. The van der Waals surface area contributed by atoms with Crippen LogP contribution in [0.5, 0.6) is 0 Å². The number of carbonyl (C=O) groups is 1. The summed E-state index contributed by atoms with van der Waals surface area (Å²) in [6, 6.07) is 6.99. The molecule has 0 saturated carbocycles. The van der Waals surface area contributed by atoms with E-state index in [4.69, 9.17) is 23.2 Å². The number of alkyl halides is 3. The summed E-state index contributed by atoms with van der Waals surface area (Å²) in [6.07, 6.45) is -4.61. The molecule has 140 valence electrons. The lowest BCUT2D eigenvalue weighted by atomic mass is 10.1. The maximum absolute atomic E-state index is 12.9. The quantitative estimate of drug-likeness (QED) is 0.669. The molecule has 1 N–H and O–H groups in total. The lowest BCUT2D eigenvalue weighted by Crippen LogP contribution is -2.26. The zero-order valence-corrected chi connectivity index (χ0v) is 15.1. The van der Waals surface area contributed by atoms with Crippen molar-refractivity contribution in [2.24, 2.45) is 7.05 Å². The van der Waals surface area contributed by atoms with Gasteiger partial charge in [0.2, 0.25) is 5.43 Å². The molecule has 2 aromatic carbocycles. The largest absolute Gasteiger partial charge is 0.416 e. The number of hydrogen-bond donors (Lipinski definition) is 1. The van der Waals surface area contributed by atoms with Crippen LogP contribution in [0.4, 0.5) is 18.9 Å². The van der Waals surface area contributed by atoms with Crippen LogP contribution in [-0.2, 0) is 13.2 Å². The van der Waals surface area contributed by atoms with E-state index in [9.17, 15) is 22.8 Å². The van der Waals surface area contributed by atoms with Crippen LogP contribution in [0.2, 0.25) is 10.0 Å². The predicted octanol–water partition coefficient (Wildman–Crippen LogP) is 4.51. The van der Waals surface area contributed by atoms with E-state index in [-0.39, 0.29) is 21.1 Å². The number of fused-ring (bicyclic) bond motifs is 1. The van der Waals surface area contributed by atoms with E-state index >= 15 is 0 Å². The third kappa shape index (κ3) is 3.77. The molecule has 10 heteroatoms. The molecule has 3 aromatic rings. The van der Waals surface area contributed by atoms with Crippen molar-refractivity contribution in [3.05, 3.63) is 67.9 Å². The lowest BCUT2D eigenvalue weighted by molar-refractivity contribution is -0.137. The molecule has 27 heavy (non-hydrogen) atoms. The molecule has 0 saturated heterocycles. The van der Waals surface area contributed by atoms with Crippen molar-refractivity contribution in [2.45, 2.75) is 6.18 Å². The maximum atomic E-state index is 12.9. The van der Waals surface area contributed by atoms with E-state index in [0.29, 0.717) is 11.6 Å². The second-order valence-corrected chi connectivity index (χ2v) is 6.45. The van der Waals surface area contributed by atoms with Crippen molar-refractivity contribution in [3.8, 4) is 0 Å². The molecule has 1 aromatic heterocycles. The molecule has 0 aliphatic heterocycles. The van der Waals surface area contributed by atoms with Crippen LogP contribution in [0.15, 0.2) is 41.2 Å². The summed E-state index contributed by atoms with van der Waals surface area (Å²) in [4.78, 5) is 25.0. The minimum Gasteiger partial charge on any atom is -0.319 e. The van der Waals surface area contributed by atoms with Crippen LogP contribution in [0.25, 0.3) is 10.9 Å². The van der Waals surface area contributed by atoms with Crippen molar-refractivity contribution in [1.82, 2.24) is 9.78 Å². The first-order valence-electron chi connectivity index (χ1n) is 7.42. The zero-order valence-electron chi connectivity index (χ0n) is 13.6. The monoisotopic (exact) mass is 415 g/mol. The maximum Gasteiger partial charge on any atom is 0.416 e. The molecule has 0 radical (unpaired) electrons. The van der Waals surface area contributed by atoms with Crippen LogP contribution in [0, 0.1) is 0 Å². The summed E-state index contributed by atoms with van der Waals surface area (Å²) in [6.45, 7) is 0. The molecular weight excluding hydrogens is 406 g/mol. The zero-order chi connectivity index (χ0) is 19.9. The van der Waals surface area contributed by atoms with Crippen molar-refractivity contribution < 1.29 is 18.0 Å². The van der Waals surface area contributed by atoms with Gasteiger partial charge in [0, 0.05) is 12.1 Å². The molecule has 0 fully saturated rings. The number of carbonyl (C=O) groups excluding carboxylic acids is 1. The highest BCUT2D eigenvalue weighted by molar-refractivity contribution is 6.34. The van der Waals surface area contributed by atoms with Gasteiger partial charge in [0.15, 0.2) is 5.69 Å². The molecule has 0 aliphatic rings. The Morgan fingerprint density at radius 2 is 1.85 bits per heavy atom. The molecule has 1 heterocycles. The molecule has 0 atom stereocenters. The van der Waals surface area contributed by atoms with Gasteiger partial charge in [-0.1, -0.05) is 23.2 Å². The molecule has 0 aliphatic carbocycles. The van der Waals surface area contributed by atoms with E-state index in [1.807, 2.05) is 0 Å². The van der Waals surface area contributed by atoms with Crippen LogP contribution >= 0.6 is 23.2 Å². The third-order valence-electron chi connectivity index (χ3n) is 3.77. The van der Waals surface area contributed by atoms with Crippen molar-refractivity contribution >= 4 is 45.7 Å². The molecule has 3 rings (SSSR count). The number of amides is 1. The number of nitrogens with one attached hydrogen (secondary N) is 1. The Bertz CT molecular complexity index is 1130. The summed E-state index contributed by atoms with van der Waals surface area (Å²) in [5.41, 5.74) is -2.04. The van der Waals surface area contributed by atoms with E-state index in [2.05, 4.69) is 10.4 Å². The number of halogens is 5. The number of aryl methyl sites for hydroxylation is 1. The second kappa shape index (κ2) is 6.86. The molecule has 5 nitrogen and oxygen atoms in total. The first-order chi connectivity index (χ1) is 12.6. The number of aromatic nitrogens is 2. The topological polar surface area (TPSA) is 64.0 Å². The van der Waals surface area contributed by atoms with Gasteiger partial charge in [0.1, 0.15) is 0 Å². The van der Waals surface area contributed by atoms with Gasteiger partial charge in [-0.2, -0.15) is 18.3 Å². The van der Waals surface area contributed by atoms with Crippen molar-refractivity contribution in [2.75, 3.05) is 5.32 Å². The number of hydrogen-bond acceptors (Lipinski definition) is 3. The Morgan fingerprint density at radius 3 is 2.52 bits per heavy atom. The Kier molecular flexibility index (Phi) is 4.88. The Labute approximate surface area is 160 Å². The standard InChI is InChI=1S/C17H10Cl2F3N3O2/c1-25-13-5-3-9(18)7-10(13)15(26)14(24-25)16(27)23-12-6-8(17(20,21)22)2-4-11(12)19/h2-7H,1H3,(H,23,27). The van der Waals surface area contributed by atoms with Gasteiger partial charge in [0.25, 0.3) is 5.91 Å². The summed E-state index contributed by atoms with van der Waals surface area (Å²) in [5.74, 6) is -0.987. The molecular formula is C17H10Cl2F3N3O2. The lowest BCUT2D eigenvalue weighted by Gasteiger charge is -2.12. The van der Waals surface area contributed by atoms with Gasteiger partial charge < -0.3 is 5.32 Å². The molecule has 0 unspecified atom stereocenters. The highest BCUT2D eigenvalue weighted by Gasteiger charge is 2.31. The fraction of sp³-hybridized carbons (Fsp3) is 0.118. The molecule has 0 bridgehead atoms. The number of anilines is 1. The fourth-order valence-corrected chi connectivity index (χ4v) is 2.81. The average Bonchev–Trinajstić information content (AvgIpc) is 2.58. The van der Waals surface area contributed by atoms with Crippen LogP contribution < -0.4 is 10.7 Å². The summed E-state index contributed by atoms with van der Waals surface area (Å²) in [7, 11) is 1.52. The summed E-state index contributed by atoms with van der Waals surface area (Å²) < 4.78 is 39.9. The molecule has 1 amide bonds. The Morgan fingerprint density at radius 1 is 1.15 bits per heavy atom. The summed E-state index contributed by atoms with van der Waals surface area (Å²) in [5, 5.41) is 6.45. The van der Waals surface area contributed by atoms with Crippen LogP contribution in [0.3, 0.4) is 0 Å². The first-order valence-corrected chi connectivity index (χ1v) is 8.18. The van der Waals surface area contributed by atoms with E-state index in [1.165, 1.54) is 17.8 Å². The van der Waals surface area contributed by atoms with Gasteiger partial charge in [0.05, 0.1) is 27.2 Å². The van der Waals surface area contributed by atoms with Crippen molar-refractivity contribution in [3.63, 3.8) is 0 Å². The number of rotatable bonds is 2. The van der Waals surface area contributed by atoms with Gasteiger partial charge in [-0.25, -0.2) is 0 Å². The normalized spacial score (nSPS) is 11.6. The first kappa shape index (κ1) is 19.2. The number of benzene rings is 2. The Balaban J connectivity index is 2.05. The van der Waals surface area contributed by atoms with Gasteiger partial charge in [-0.3, -0.25) is 14.3 Å². The average molecular weight is 416 g/mol. The Hall–Kier alpha value is -2.58. The van der Waals surface area contributed by atoms with Crippen LogP contribution in [0.1, 0.15) is 16.1 Å². The highest BCUT2D eigenvalue weighted by Crippen LogP contribution is 2.33. The highest BCUT2D eigenvalue weighted by atomic mass is 35.5. The van der Waals surface area contributed by atoms with Crippen LogP contribution in [-0.4, -0.2) is 15.7 Å². The second-order valence-electron chi connectivity index (χ2n) is 5.61. The minimum atomic E-state index is -4.61. The van der Waals surface area contributed by atoms with Gasteiger partial charge in [-0.15, -0.1) is 0 Å². The minimum absolute atomic E-state index is 0.114. The van der Waals surface area contributed by atoms with Gasteiger partial charge >= 0.3 is 6.18 Å². The SMILES string of the molecule is Cn1nc(C(=O)Nc2cc(C(F)(F)F)ccc2Cl)c(=O)c2cc(Cl)ccc21. The number of nitrogens with zero attached hydrogens (tertiary/aromatic N) is 2. The summed E-state index contributed by atoms with van der Waals surface area (Å²) >= 11 is 11.8. The predicted molar refractivity (Wildman–Crippen MR) is 96.4 cm³/mol. The van der Waals surface area contributed by atoms with E-state index in [0.717, 1.165) is 12.1 Å². The molecule has 0 spiro atoms.